The van der Waals surface area contributed by atoms with Crippen LogP contribution in [0.4, 0.5) is 15.8 Å². The zero-order valence-electron chi connectivity index (χ0n) is 13.5. The molecule has 130 valence electrons. The van der Waals surface area contributed by atoms with Gasteiger partial charge in [0.05, 0.1) is 23.7 Å². The highest BCUT2D eigenvalue weighted by molar-refractivity contribution is 6.31. The molecule has 3 rings (SSSR count). The van der Waals surface area contributed by atoms with Gasteiger partial charge in [0.1, 0.15) is 5.75 Å². The van der Waals surface area contributed by atoms with Crippen molar-refractivity contribution in [1.29, 1.82) is 0 Å². The van der Waals surface area contributed by atoms with Crippen molar-refractivity contribution in [3.05, 3.63) is 53.3 Å². The minimum atomic E-state index is -0.686. The smallest absolute Gasteiger partial charge is 0.229 e. The van der Waals surface area contributed by atoms with E-state index in [0.29, 0.717) is 11.4 Å². The SMILES string of the molecule is COc1ccc(N2CC(C(=O)Nc3cccc(Cl)c3F)CC2=O)cc1. The van der Waals surface area contributed by atoms with Crippen LogP contribution in [0, 0.1) is 11.7 Å². The highest BCUT2D eigenvalue weighted by atomic mass is 35.5. The van der Waals surface area contributed by atoms with Gasteiger partial charge < -0.3 is 15.0 Å². The highest BCUT2D eigenvalue weighted by Gasteiger charge is 2.35. The number of anilines is 2. The number of carbonyl (C=O) groups is 2. The first-order chi connectivity index (χ1) is 12.0. The van der Waals surface area contributed by atoms with Crippen LogP contribution in [0.5, 0.6) is 5.75 Å². The van der Waals surface area contributed by atoms with Crippen molar-refractivity contribution in [2.24, 2.45) is 5.92 Å². The Morgan fingerprint density at radius 2 is 2.00 bits per heavy atom. The molecular weight excluding hydrogens is 347 g/mol. The average molecular weight is 363 g/mol. The number of hydrogen-bond donors (Lipinski definition) is 1. The number of rotatable bonds is 4. The summed E-state index contributed by atoms with van der Waals surface area (Å²) in [6.07, 6.45) is 0.0695. The molecule has 1 unspecified atom stereocenters. The fourth-order valence-corrected chi connectivity index (χ4v) is 2.90. The maximum absolute atomic E-state index is 13.9. The average Bonchev–Trinajstić information content (AvgIpc) is 3.01. The molecular formula is C18H16ClFN2O3. The van der Waals surface area contributed by atoms with Crippen molar-refractivity contribution >= 4 is 34.8 Å². The van der Waals surface area contributed by atoms with Crippen LogP contribution in [0.1, 0.15) is 6.42 Å². The second-order valence-electron chi connectivity index (χ2n) is 5.69. The Bertz CT molecular complexity index is 810. The van der Waals surface area contributed by atoms with Crippen LogP contribution in [0.3, 0.4) is 0 Å². The van der Waals surface area contributed by atoms with Crippen LogP contribution in [0.25, 0.3) is 0 Å². The van der Waals surface area contributed by atoms with E-state index in [1.165, 1.54) is 17.0 Å². The maximum atomic E-state index is 13.9. The van der Waals surface area contributed by atoms with Crippen LogP contribution in [0.15, 0.2) is 42.5 Å². The van der Waals surface area contributed by atoms with Crippen molar-refractivity contribution in [1.82, 2.24) is 0 Å². The number of nitrogens with zero attached hydrogens (tertiary/aromatic N) is 1. The fourth-order valence-electron chi connectivity index (χ4n) is 2.73. The molecule has 1 aliphatic rings. The van der Waals surface area contributed by atoms with E-state index in [4.69, 9.17) is 16.3 Å². The van der Waals surface area contributed by atoms with Crippen molar-refractivity contribution in [2.45, 2.75) is 6.42 Å². The number of methoxy groups -OCH3 is 1. The lowest BCUT2D eigenvalue weighted by molar-refractivity contribution is -0.122. The van der Waals surface area contributed by atoms with Gasteiger partial charge in [0.15, 0.2) is 5.82 Å². The molecule has 2 amide bonds. The second-order valence-corrected chi connectivity index (χ2v) is 6.10. The third-order valence-electron chi connectivity index (χ3n) is 4.09. The van der Waals surface area contributed by atoms with Gasteiger partial charge in [-0.25, -0.2) is 4.39 Å². The van der Waals surface area contributed by atoms with Crippen molar-refractivity contribution in [2.75, 3.05) is 23.9 Å². The molecule has 1 heterocycles. The zero-order valence-corrected chi connectivity index (χ0v) is 14.2. The van der Waals surface area contributed by atoms with E-state index in [9.17, 15) is 14.0 Å². The van der Waals surface area contributed by atoms with Crippen LogP contribution in [-0.2, 0) is 9.59 Å². The van der Waals surface area contributed by atoms with Gasteiger partial charge in [0.25, 0.3) is 0 Å². The minimum absolute atomic E-state index is 0.00727. The first-order valence-corrected chi connectivity index (χ1v) is 8.06. The molecule has 2 aromatic rings. The Morgan fingerprint density at radius 1 is 1.28 bits per heavy atom. The first kappa shape index (κ1) is 17.2. The van der Waals surface area contributed by atoms with Gasteiger partial charge in [0.2, 0.25) is 11.8 Å². The summed E-state index contributed by atoms with van der Waals surface area (Å²) in [6, 6.07) is 11.4. The van der Waals surface area contributed by atoms with Crippen LogP contribution >= 0.6 is 11.6 Å². The zero-order chi connectivity index (χ0) is 18.0. The van der Waals surface area contributed by atoms with Gasteiger partial charge in [-0.05, 0) is 36.4 Å². The number of nitrogens with one attached hydrogen (secondary N) is 1. The maximum Gasteiger partial charge on any atom is 0.229 e. The number of ether oxygens (including phenoxy) is 1. The summed E-state index contributed by atoms with van der Waals surface area (Å²) in [5.41, 5.74) is 0.697. The number of benzene rings is 2. The molecule has 0 bridgehead atoms. The summed E-state index contributed by atoms with van der Waals surface area (Å²) in [4.78, 5) is 26.2. The topological polar surface area (TPSA) is 58.6 Å². The third-order valence-corrected chi connectivity index (χ3v) is 4.38. The predicted molar refractivity (Wildman–Crippen MR) is 93.5 cm³/mol. The standard InChI is InChI=1S/C18H16ClFN2O3/c1-25-13-7-5-12(6-8-13)22-10-11(9-16(22)23)18(24)21-15-4-2-3-14(19)17(15)20/h2-8,11H,9-10H2,1H3,(H,21,24). The molecule has 0 aromatic heterocycles. The van der Waals surface area contributed by atoms with Crippen LogP contribution in [-0.4, -0.2) is 25.5 Å². The third kappa shape index (κ3) is 3.58. The normalized spacial score (nSPS) is 16.8. The van der Waals surface area contributed by atoms with E-state index in [2.05, 4.69) is 5.32 Å². The summed E-state index contributed by atoms with van der Waals surface area (Å²) in [5.74, 6) is -1.13. The van der Waals surface area contributed by atoms with Gasteiger partial charge in [-0.15, -0.1) is 0 Å². The van der Waals surface area contributed by atoms with Gasteiger partial charge in [0, 0.05) is 18.7 Å². The molecule has 1 aliphatic heterocycles. The van der Waals surface area contributed by atoms with E-state index in [1.54, 1.807) is 37.4 Å². The Hall–Kier alpha value is -2.60. The lowest BCUT2D eigenvalue weighted by atomic mass is 10.1. The van der Waals surface area contributed by atoms with Gasteiger partial charge in [-0.1, -0.05) is 17.7 Å². The van der Waals surface area contributed by atoms with Crippen LogP contribution in [0.2, 0.25) is 5.02 Å². The van der Waals surface area contributed by atoms with E-state index in [0.717, 1.165) is 0 Å². The molecule has 0 aliphatic carbocycles. The number of amides is 2. The molecule has 5 nitrogen and oxygen atoms in total. The molecule has 0 saturated carbocycles. The van der Waals surface area contributed by atoms with Gasteiger partial charge in [-0.3, -0.25) is 9.59 Å². The highest BCUT2D eigenvalue weighted by Crippen LogP contribution is 2.28. The summed E-state index contributed by atoms with van der Waals surface area (Å²) >= 11 is 5.71. The molecule has 1 fully saturated rings. The second kappa shape index (κ2) is 7.11. The lowest BCUT2D eigenvalue weighted by Gasteiger charge is -2.17. The summed E-state index contributed by atoms with van der Waals surface area (Å²) in [5, 5.41) is 2.44. The van der Waals surface area contributed by atoms with Crippen molar-refractivity contribution in [3.63, 3.8) is 0 Å². The summed E-state index contributed by atoms with van der Waals surface area (Å²) < 4.78 is 19.0. The number of carbonyl (C=O) groups excluding carboxylic acids is 2. The summed E-state index contributed by atoms with van der Waals surface area (Å²) in [6.45, 7) is 0.235. The number of hydrogen-bond acceptors (Lipinski definition) is 3. The van der Waals surface area contributed by atoms with Gasteiger partial charge in [-0.2, -0.15) is 0 Å². The Morgan fingerprint density at radius 3 is 2.68 bits per heavy atom. The molecule has 1 saturated heterocycles. The molecule has 2 aromatic carbocycles. The fraction of sp³-hybridized carbons (Fsp3) is 0.222. The molecule has 1 N–H and O–H groups in total. The molecule has 0 spiro atoms. The molecule has 1 atom stereocenters. The molecule has 25 heavy (non-hydrogen) atoms. The van der Waals surface area contributed by atoms with Gasteiger partial charge >= 0.3 is 0 Å². The quantitative estimate of drug-likeness (QED) is 0.905. The monoisotopic (exact) mass is 362 g/mol. The van der Waals surface area contributed by atoms with E-state index >= 15 is 0 Å². The summed E-state index contributed by atoms with van der Waals surface area (Å²) in [7, 11) is 1.56. The minimum Gasteiger partial charge on any atom is -0.497 e. The van der Waals surface area contributed by atoms with Crippen molar-refractivity contribution in [3.8, 4) is 5.75 Å². The Labute approximate surface area is 149 Å². The Kier molecular flexibility index (Phi) is 4.90. The van der Waals surface area contributed by atoms with E-state index in [-0.39, 0.29) is 29.6 Å². The Balaban J connectivity index is 1.71. The van der Waals surface area contributed by atoms with E-state index in [1.807, 2.05) is 0 Å². The first-order valence-electron chi connectivity index (χ1n) is 7.69. The van der Waals surface area contributed by atoms with Crippen LogP contribution < -0.4 is 15.0 Å². The molecule has 7 heteroatoms. The lowest BCUT2D eigenvalue weighted by Crippen LogP contribution is -2.28. The van der Waals surface area contributed by atoms with E-state index < -0.39 is 17.6 Å². The molecule has 0 radical (unpaired) electrons. The van der Waals surface area contributed by atoms with Crippen molar-refractivity contribution < 1.29 is 18.7 Å². The number of halogens is 2. The predicted octanol–water partition coefficient (Wildman–Crippen LogP) is 3.48. The largest absolute Gasteiger partial charge is 0.497 e.